The molecule has 0 atom stereocenters. The molecule has 0 radical (unpaired) electrons. The number of nitrogens with one attached hydrogen (secondary N) is 1. The first-order chi connectivity index (χ1) is 9.51. The lowest BCUT2D eigenvalue weighted by molar-refractivity contribution is 0.0602. The molecule has 0 aliphatic heterocycles. The van der Waals surface area contributed by atoms with Gasteiger partial charge in [-0.05, 0) is 42.8 Å². The minimum absolute atomic E-state index is 0.241. The second-order valence-electron chi connectivity index (χ2n) is 4.40. The highest BCUT2D eigenvalue weighted by molar-refractivity contribution is 5.96. The van der Waals surface area contributed by atoms with Crippen molar-refractivity contribution in [3.63, 3.8) is 0 Å². The molecule has 5 heteroatoms. The summed E-state index contributed by atoms with van der Waals surface area (Å²) < 4.78 is 18.4. The Kier molecular flexibility index (Phi) is 3.89. The summed E-state index contributed by atoms with van der Waals surface area (Å²) in [5.74, 6) is -0.892. The average Bonchev–Trinajstić information content (AvgIpc) is 2.43. The number of rotatable bonds is 3. The number of carbonyl (C=O) groups is 1. The van der Waals surface area contributed by atoms with E-state index in [9.17, 15) is 9.18 Å². The molecule has 0 aliphatic carbocycles. The summed E-state index contributed by atoms with van der Waals surface area (Å²) in [6.45, 7) is 1.81. The van der Waals surface area contributed by atoms with Crippen molar-refractivity contribution in [2.75, 3.05) is 18.2 Å². The van der Waals surface area contributed by atoms with Crippen LogP contribution in [0.3, 0.4) is 0 Å². The van der Waals surface area contributed by atoms with Gasteiger partial charge < -0.3 is 15.8 Å². The van der Waals surface area contributed by atoms with E-state index in [0.717, 1.165) is 5.56 Å². The number of halogens is 1. The largest absolute Gasteiger partial charge is 0.465 e. The van der Waals surface area contributed by atoms with Gasteiger partial charge in [-0.25, -0.2) is 9.18 Å². The first-order valence-corrected chi connectivity index (χ1v) is 6.02. The molecule has 3 N–H and O–H groups in total. The molecule has 0 saturated heterocycles. The van der Waals surface area contributed by atoms with Gasteiger partial charge in [-0.15, -0.1) is 0 Å². The monoisotopic (exact) mass is 274 g/mol. The highest BCUT2D eigenvalue weighted by Gasteiger charge is 2.11. The van der Waals surface area contributed by atoms with Crippen LogP contribution < -0.4 is 11.1 Å². The van der Waals surface area contributed by atoms with E-state index in [1.54, 1.807) is 24.3 Å². The Balaban J connectivity index is 2.32. The molecule has 104 valence electrons. The first-order valence-electron chi connectivity index (χ1n) is 6.02. The van der Waals surface area contributed by atoms with Crippen molar-refractivity contribution >= 4 is 23.0 Å². The molecule has 2 aromatic rings. The number of hydrogen-bond donors (Lipinski definition) is 2. The standard InChI is InChI=1S/C15H15FN2O2/c1-9-3-6-14(12(16)7-9)18-10-4-5-13(17)11(8-10)15(19)20-2/h3-8,18H,17H2,1-2H3. The third-order valence-electron chi connectivity index (χ3n) is 2.86. The molecule has 0 bridgehead atoms. The second-order valence-corrected chi connectivity index (χ2v) is 4.40. The van der Waals surface area contributed by atoms with Gasteiger partial charge in [0.25, 0.3) is 0 Å². The molecular weight excluding hydrogens is 259 g/mol. The predicted octanol–water partition coefficient (Wildman–Crippen LogP) is 3.25. The Morgan fingerprint density at radius 1 is 1.25 bits per heavy atom. The molecule has 0 spiro atoms. The maximum absolute atomic E-state index is 13.8. The molecule has 0 saturated carbocycles. The van der Waals surface area contributed by atoms with Crippen molar-refractivity contribution in [3.8, 4) is 0 Å². The van der Waals surface area contributed by atoms with Gasteiger partial charge in [0.1, 0.15) is 5.82 Å². The molecule has 0 aliphatic rings. The third-order valence-corrected chi connectivity index (χ3v) is 2.86. The number of nitrogens with two attached hydrogens (primary N) is 1. The minimum Gasteiger partial charge on any atom is -0.465 e. The number of carbonyl (C=O) groups excluding carboxylic acids is 1. The predicted molar refractivity (Wildman–Crippen MR) is 76.6 cm³/mol. The van der Waals surface area contributed by atoms with Gasteiger partial charge in [0.05, 0.1) is 18.4 Å². The molecule has 0 aromatic heterocycles. The number of esters is 1. The lowest BCUT2D eigenvalue weighted by Crippen LogP contribution is -2.06. The number of anilines is 3. The van der Waals surface area contributed by atoms with Crippen LogP contribution in [0.1, 0.15) is 15.9 Å². The van der Waals surface area contributed by atoms with Gasteiger partial charge in [-0.3, -0.25) is 0 Å². The smallest absolute Gasteiger partial charge is 0.340 e. The summed E-state index contributed by atoms with van der Waals surface area (Å²) in [7, 11) is 1.28. The Bertz CT molecular complexity index is 656. The summed E-state index contributed by atoms with van der Waals surface area (Å²) in [5, 5.41) is 2.91. The van der Waals surface area contributed by atoms with Gasteiger partial charge in [-0.1, -0.05) is 6.07 Å². The second kappa shape index (κ2) is 5.61. The molecule has 4 nitrogen and oxygen atoms in total. The van der Waals surface area contributed by atoms with Crippen LogP contribution in [-0.2, 0) is 4.74 Å². The summed E-state index contributed by atoms with van der Waals surface area (Å²) in [5.41, 5.74) is 7.98. The Labute approximate surface area is 116 Å². The molecule has 0 unspecified atom stereocenters. The number of nitrogen functional groups attached to an aromatic ring is 1. The molecule has 2 rings (SSSR count). The van der Waals surface area contributed by atoms with Crippen LogP contribution >= 0.6 is 0 Å². The molecule has 0 heterocycles. The van der Waals surface area contributed by atoms with Crippen molar-refractivity contribution in [1.29, 1.82) is 0 Å². The molecule has 0 amide bonds. The first kappa shape index (κ1) is 13.9. The number of benzene rings is 2. The summed E-state index contributed by atoms with van der Waals surface area (Å²) >= 11 is 0. The molecule has 2 aromatic carbocycles. The van der Waals surface area contributed by atoms with Crippen LogP contribution in [-0.4, -0.2) is 13.1 Å². The fourth-order valence-electron chi connectivity index (χ4n) is 1.80. The van der Waals surface area contributed by atoms with Crippen LogP contribution in [0, 0.1) is 12.7 Å². The normalized spacial score (nSPS) is 10.2. The average molecular weight is 274 g/mol. The molecule has 0 fully saturated rings. The van der Waals surface area contributed by atoms with Crippen LogP contribution in [0.25, 0.3) is 0 Å². The van der Waals surface area contributed by atoms with E-state index in [-0.39, 0.29) is 11.4 Å². The maximum atomic E-state index is 13.8. The van der Waals surface area contributed by atoms with E-state index >= 15 is 0 Å². The van der Waals surface area contributed by atoms with Gasteiger partial charge in [0.2, 0.25) is 0 Å². The van der Waals surface area contributed by atoms with Crippen molar-refractivity contribution in [3.05, 3.63) is 53.3 Å². The topological polar surface area (TPSA) is 64.3 Å². The highest BCUT2D eigenvalue weighted by atomic mass is 19.1. The van der Waals surface area contributed by atoms with Gasteiger partial charge in [-0.2, -0.15) is 0 Å². The van der Waals surface area contributed by atoms with Crippen molar-refractivity contribution < 1.29 is 13.9 Å². The fraction of sp³-hybridized carbons (Fsp3) is 0.133. The Morgan fingerprint density at radius 3 is 2.65 bits per heavy atom. The lowest BCUT2D eigenvalue weighted by Gasteiger charge is -2.10. The van der Waals surface area contributed by atoms with Gasteiger partial charge in [0.15, 0.2) is 0 Å². The molecular formula is C15H15FN2O2. The van der Waals surface area contributed by atoms with Crippen LogP contribution in [0.2, 0.25) is 0 Å². The number of methoxy groups -OCH3 is 1. The van der Waals surface area contributed by atoms with Crippen molar-refractivity contribution in [2.45, 2.75) is 6.92 Å². The summed E-state index contributed by atoms with van der Waals surface area (Å²) in [6, 6.07) is 9.63. The zero-order valence-corrected chi connectivity index (χ0v) is 11.2. The SMILES string of the molecule is COC(=O)c1cc(Nc2ccc(C)cc2F)ccc1N. The Hall–Kier alpha value is -2.56. The van der Waals surface area contributed by atoms with Crippen LogP contribution in [0.15, 0.2) is 36.4 Å². The quantitative estimate of drug-likeness (QED) is 0.666. The number of ether oxygens (including phenoxy) is 1. The maximum Gasteiger partial charge on any atom is 0.340 e. The number of aryl methyl sites for hydroxylation is 1. The van der Waals surface area contributed by atoms with E-state index in [1.165, 1.54) is 19.2 Å². The Morgan fingerprint density at radius 2 is 2.00 bits per heavy atom. The van der Waals surface area contributed by atoms with E-state index in [1.807, 2.05) is 6.92 Å². The summed E-state index contributed by atoms with van der Waals surface area (Å²) in [6.07, 6.45) is 0. The van der Waals surface area contributed by atoms with Crippen molar-refractivity contribution in [1.82, 2.24) is 0 Å². The zero-order chi connectivity index (χ0) is 14.7. The van der Waals surface area contributed by atoms with E-state index in [4.69, 9.17) is 5.73 Å². The van der Waals surface area contributed by atoms with Gasteiger partial charge in [0, 0.05) is 11.4 Å². The highest BCUT2D eigenvalue weighted by Crippen LogP contribution is 2.24. The third kappa shape index (κ3) is 2.88. The van der Waals surface area contributed by atoms with Gasteiger partial charge >= 0.3 is 5.97 Å². The van der Waals surface area contributed by atoms with E-state index < -0.39 is 5.97 Å². The zero-order valence-electron chi connectivity index (χ0n) is 11.2. The lowest BCUT2D eigenvalue weighted by atomic mass is 10.1. The van der Waals surface area contributed by atoms with E-state index in [0.29, 0.717) is 17.1 Å². The molecule has 20 heavy (non-hydrogen) atoms. The number of hydrogen-bond acceptors (Lipinski definition) is 4. The van der Waals surface area contributed by atoms with Crippen LogP contribution in [0.4, 0.5) is 21.5 Å². The van der Waals surface area contributed by atoms with E-state index in [2.05, 4.69) is 10.1 Å². The fourth-order valence-corrected chi connectivity index (χ4v) is 1.80. The van der Waals surface area contributed by atoms with Crippen molar-refractivity contribution in [2.24, 2.45) is 0 Å². The van der Waals surface area contributed by atoms with Crippen LogP contribution in [0.5, 0.6) is 0 Å². The summed E-state index contributed by atoms with van der Waals surface area (Å²) in [4.78, 5) is 11.5. The minimum atomic E-state index is -0.532.